The number of anilines is 1. The van der Waals surface area contributed by atoms with Gasteiger partial charge in [0.15, 0.2) is 11.6 Å². The molecule has 6 nitrogen and oxygen atoms in total. The van der Waals surface area contributed by atoms with Gasteiger partial charge in [0.25, 0.3) is 5.91 Å². The number of ether oxygens (including phenoxy) is 1. The predicted octanol–water partition coefficient (Wildman–Crippen LogP) is 4.10. The summed E-state index contributed by atoms with van der Waals surface area (Å²) in [7, 11) is 0. The van der Waals surface area contributed by atoms with Gasteiger partial charge < -0.3 is 21.1 Å². The molecule has 2 heterocycles. The Morgan fingerprint density at radius 1 is 1.19 bits per heavy atom. The summed E-state index contributed by atoms with van der Waals surface area (Å²) in [5.41, 5.74) is 8.66. The fourth-order valence-electron chi connectivity index (χ4n) is 3.26. The number of nitrogens with two attached hydrogens (primary N) is 1. The molecule has 9 heteroatoms. The summed E-state index contributed by atoms with van der Waals surface area (Å²) in [6.45, 7) is 1.77. The van der Waals surface area contributed by atoms with E-state index in [9.17, 15) is 9.18 Å². The second-order valence-corrected chi connectivity index (χ2v) is 8.22. The maximum Gasteiger partial charge on any atom is 0.251 e. The van der Waals surface area contributed by atoms with Crippen LogP contribution in [0.5, 0.6) is 5.75 Å². The molecular formula is C23H21Cl2FN4O2. The molecule has 1 saturated heterocycles. The molecule has 1 aromatic heterocycles. The van der Waals surface area contributed by atoms with Crippen LogP contribution in [0, 0.1) is 5.82 Å². The highest BCUT2D eigenvalue weighted by atomic mass is 35.5. The molecule has 2 aromatic carbocycles. The number of hydrogen-bond donors (Lipinski definition) is 3. The highest BCUT2D eigenvalue weighted by Gasteiger charge is 2.19. The second-order valence-electron chi connectivity index (χ2n) is 7.43. The van der Waals surface area contributed by atoms with E-state index in [1.54, 1.807) is 24.4 Å². The van der Waals surface area contributed by atoms with Crippen LogP contribution in [0.3, 0.4) is 0 Å². The van der Waals surface area contributed by atoms with E-state index in [0.29, 0.717) is 28.3 Å². The van der Waals surface area contributed by atoms with Crippen molar-refractivity contribution in [3.63, 3.8) is 0 Å². The van der Waals surface area contributed by atoms with E-state index < -0.39 is 5.82 Å². The molecule has 32 heavy (non-hydrogen) atoms. The van der Waals surface area contributed by atoms with Gasteiger partial charge in [-0.1, -0.05) is 35.3 Å². The molecule has 0 bridgehead atoms. The van der Waals surface area contributed by atoms with Crippen LogP contribution >= 0.6 is 23.2 Å². The molecule has 1 aliphatic heterocycles. The Bertz CT molecular complexity index is 1140. The monoisotopic (exact) mass is 474 g/mol. The lowest BCUT2D eigenvalue weighted by Gasteiger charge is -2.27. The average molecular weight is 475 g/mol. The van der Waals surface area contributed by atoms with Crippen molar-refractivity contribution in [2.24, 2.45) is 0 Å². The quantitative estimate of drug-likeness (QED) is 0.448. The number of halogens is 3. The first kappa shape index (κ1) is 22.3. The first-order chi connectivity index (χ1) is 15.4. The van der Waals surface area contributed by atoms with Gasteiger partial charge in [-0.25, -0.2) is 9.37 Å². The first-order valence-corrected chi connectivity index (χ1v) is 10.8. The lowest BCUT2D eigenvalue weighted by Crippen LogP contribution is -2.56. The molecule has 1 aliphatic rings. The summed E-state index contributed by atoms with van der Waals surface area (Å²) in [4.78, 5) is 16.5. The predicted molar refractivity (Wildman–Crippen MR) is 124 cm³/mol. The summed E-state index contributed by atoms with van der Waals surface area (Å²) < 4.78 is 19.5. The number of rotatable bonds is 7. The molecule has 4 N–H and O–H groups in total. The van der Waals surface area contributed by atoms with Gasteiger partial charge in [-0.2, -0.15) is 0 Å². The number of carbonyl (C=O) groups is 1. The van der Waals surface area contributed by atoms with Crippen molar-refractivity contribution in [1.82, 2.24) is 15.6 Å². The van der Waals surface area contributed by atoms with Crippen molar-refractivity contribution in [2.75, 3.05) is 25.4 Å². The number of hydrogen-bond acceptors (Lipinski definition) is 5. The van der Waals surface area contributed by atoms with E-state index in [1.165, 1.54) is 12.1 Å². The zero-order valence-electron chi connectivity index (χ0n) is 17.0. The third kappa shape index (κ3) is 4.96. The van der Waals surface area contributed by atoms with Gasteiger partial charge >= 0.3 is 0 Å². The van der Waals surface area contributed by atoms with Gasteiger partial charge in [0.2, 0.25) is 0 Å². The molecule has 0 atom stereocenters. The summed E-state index contributed by atoms with van der Waals surface area (Å²) in [6, 6.07) is 11.9. The highest BCUT2D eigenvalue weighted by molar-refractivity contribution is 6.36. The Morgan fingerprint density at radius 2 is 1.94 bits per heavy atom. The Kier molecular flexibility index (Phi) is 6.79. The van der Waals surface area contributed by atoms with Crippen LogP contribution in [0.1, 0.15) is 15.9 Å². The van der Waals surface area contributed by atoms with Crippen LogP contribution in [0.4, 0.5) is 10.2 Å². The summed E-state index contributed by atoms with van der Waals surface area (Å²) in [6.07, 6.45) is 1.94. The molecule has 4 rings (SSSR count). The molecule has 1 amide bonds. The van der Waals surface area contributed by atoms with Gasteiger partial charge in [-0.05, 0) is 41.5 Å². The van der Waals surface area contributed by atoms with Crippen molar-refractivity contribution >= 4 is 34.9 Å². The second kappa shape index (κ2) is 9.73. The molecule has 0 spiro atoms. The van der Waals surface area contributed by atoms with E-state index in [4.69, 9.17) is 33.7 Å². The smallest absolute Gasteiger partial charge is 0.251 e. The Morgan fingerprint density at radius 3 is 2.62 bits per heavy atom. The van der Waals surface area contributed by atoms with Crippen molar-refractivity contribution < 1.29 is 13.9 Å². The Labute approximate surface area is 194 Å². The van der Waals surface area contributed by atoms with Gasteiger partial charge in [0, 0.05) is 41.9 Å². The van der Waals surface area contributed by atoms with Crippen LogP contribution in [0.2, 0.25) is 10.0 Å². The molecular weight excluding hydrogens is 454 g/mol. The number of nitrogens with one attached hydrogen (secondary N) is 2. The lowest BCUT2D eigenvalue weighted by molar-refractivity contribution is 0.0924. The SMILES string of the molecule is Nc1ncc(-c2ccc(C(=O)NC3CNC3)cc2)cc1OCCc1c(Cl)ccc(F)c1Cl. The minimum atomic E-state index is -0.532. The molecule has 3 aromatic rings. The van der Waals surface area contributed by atoms with Gasteiger partial charge in [0.05, 0.1) is 17.7 Å². The zero-order valence-corrected chi connectivity index (χ0v) is 18.5. The topological polar surface area (TPSA) is 89.3 Å². The van der Waals surface area contributed by atoms with Crippen molar-refractivity contribution in [3.8, 4) is 16.9 Å². The van der Waals surface area contributed by atoms with Crippen LogP contribution in [-0.4, -0.2) is 36.6 Å². The summed E-state index contributed by atoms with van der Waals surface area (Å²) >= 11 is 12.1. The number of amides is 1. The largest absolute Gasteiger partial charge is 0.489 e. The van der Waals surface area contributed by atoms with Crippen molar-refractivity contribution in [2.45, 2.75) is 12.5 Å². The van der Waals surface area contributed by atoms with Gasteiger partial charge in [-0.3, -0.25) is 4.79 Å². The van der Waals surface area contributed by atoms with Crippen LogP contribution in [-0.2, 0) is 6.42 Å². The molecule has 0 radical (unpaired) electrons. The fourth-order valence-corrected chi connectivity index (χ4v) is 3.82. The minimum Gasteiger partial charge on any atom is -0.489 e. The Balaban J connectivity index is 1.43. The normalized spacial score (nSPS) is 13.5. The maximum atomic E-state index is 13.7. The number of pyridine rings is 1. The minimum absolute atomic E-state index is 0.0151. The molecule has 0 unspecified atom stereocenters. The number of carbonyl (C=O) groups excluding carboxylic acids is 1. The summed E-state index contributed by atoms with van der Waals surface area (Å²) in [5.74, 6) is -0.00589. The Hall–Kier alpha value is -2.87. The number of aromatic nitrogens is 1. The van der Waals surface area contributed by atoms with Crippen molar-refractivity contribution in [1.29, 1.82) is 0 Å². The van der Waals surface area contributed by atoms with Gasteiger partial charge in [-0.15, -0.1) is 0 Å². The van der Waals surface area contributed by atoms with Crippen LogP contribution in [0.25, 0.3) is 11.1 Å². The van der Waals surface area contributed by atoms with Crippen molar-refractivity contribution in [3.05, 3.63) is 75.7 Å². The summed E-state index contributed by atoms with van der Waals surface area (Å²) in [5, 5.41) is 6.44. The average Bonchev–Trinajstić information content (AvgIpc) is 2.77. The number of nitrogens with zero attached hydrogens (tertiary/aromatic N) is 1. The number of benzene rings is 2. The third-order valence-electron chi connectivity index (χ3n) is 5.23. The fraction of sp³-hybridized carbons (Fsp3) is 0.217. The van der Waals surface area contributed by atoms with E-state index in [-0.39, 0.29) is 29.4 Å². The zero-order chi connectivity index (χ0) is 22.7. The molecule has 0 saturated carbocycles. The van der Waals surface area contributed by atoms with E-state index in [1.807, 2.05) is 12.1 Å². The first-order valence-electron chi connectivity index (χ1n) is 10.0. The number of nitrogen functional groups attached to an aromatic ring is 1. The maximum absolute atomic E-state index is 13.7. The third-order valence-corrected chi connectivity index (χ3v) is 5.99. The van der Waals surface area contributed by atoms with E-state index in [0.717, 1.165) is 24.2 Å². The van der Waals surface area contributed by atoms with E-state index >= 15 is 0 Å². The van der Waals surface area contributed by atoms with Crippen LogP contribution in [0.15, 0.2) is 48.7 Å². The van der Waals surface area contributed by atoms with E-state index in [2.05, 4.69) is 15.6 Å². The molecule has 0 aliphatic carbocycles. The van der Waals surface area contributed by atoms with Crippen LogP contribution < -0.4 is 21.1 Å². The molecule has 1 fully saturated rings. The lowest BCUT2D eigenvalue weighted by atomic mass is 10.0. The molecule has 166 valence electrons. The van der Waals surface area contributed by atoms with Gasteiger partial charge in [0.1, 0.15) is 5.82 Å². The standard InChI is InChI=1S/C23H21Cl2FN4O2/c24-18-5-6-19(26)21(25)17(18)7-8-32-20-9-15(10-29-22(20)27)13-1-3-14(4-2-13)23(31)30-16-11-28-12-16/h1-6,9-10,16,28H,7-8,11-12H2,(H2,27,29)(H,30,31). The highest BCUT2D eigenvalue weighted by Crippen LogP contribution is 2.30.